The number of likely N-dealkylation sites (tertiary alicyclic amines) is 1. The van der Waals surface area contributed by atoms with E-state index in [1.807, 2.05) is 30.3 Å². The summed E-state index contributed by atoms with van der Waals surface area (Å²) in [5.41, 5.74) is 7.05. The number of amides is 1. The molecule has 26 heavy (non-hydrogen) atoms. The molecule has 0 aromatic heterocycles. The van der Waals surface area contributed by atoms with Crippen LogP contribution in [0, 0.1) is 5.82 Å². The van der Waals surface area contributed by atoms with Crippen LogP contribution in [0.15, 0.2) is 48.5 Å². The first-order valence-corrected chi connectivity index (χ1v) is 7.80. The standard InChI is InChI=1S/C18H17F3N2O2.ClH/c19-12-6-7-13(16(8-12)25-18(20)21)17(24)23-9-14(15(22)10-23)11-4-2-1-3-5-11;/h1-8,14-15,18H,9-10,22H2;1H/t14-,15+;/m0./s1. The van der Waals surface area contributed by atoms with Gasteiger partial charge in [0.05, 0.1) is 5.56 Å². The number of halogens is 4. The third-order valence-corrected chi connectivity index (χ3v) is 4.27. The minimum atomic E-state index is -3.15. The third-order valence-electron chi connectivity index (χ3n) is 4.27. The molecule has 140 valence electrons. The quantitative estimate of drug-likeness (QED) is 0.876. The fourth-order valence-corrected chi connectivity index (χ4v) is 3.08. The lowest BCUT2D eigenvalue weighted by molar-refractivity contribution is -0.0504. The Hall–Kier alpha value is -2.25. The second-order valence-corrected chi connectivity index (χ2v) is 5.91. The van der Waals surface area contributed by atoms with E-state index in [0.717, 1.165) is 23.8 Å². The zero-order valence-electron chi connectivity index (χ0n) is 13.6. The molecule has 0 unspecified atom stereocenters. The Bertz CT molecular complexity index is 761. The minimum absolute atomic E-state index is 0. The van der Waals surface area contributed by atoms with Crippen molar-refractivity contribution < 1.29 is 22.7 Å². The topological polar surface area (TPSA) is 55.6 Å². The van der Waals surface area contributed by atoms with E-state index in [-0.39, 0.29) is 36.5 Å². The summed E-state index contributed by atoms with van der Waals surface area (Å²) in [5.74, 6) is -1.79. The largest absolute Gasteiger partial charge is 0.434 e. The van der Waals surface area contributed by atoms with Gasteiger partial charge in [-0.15, -0.1) is 12.4 Å². The highest BCUT2D eigenvalue weighted by molar-refractivity contribution is 5.97. The molecule has 0 saturated carbocycles. The molecule has 0 spiro atoms. The van der Waals surface area contributed by atoms with Gasteiger partial charge in [0.2, 0.25) is 0 Å². The lowest BCUT2D eigenvalue weighted by Crippen LogP contribution is -2.32. The molecule has 0 aliphatic carbocycles. The number of carbonyl (C=O) groups excluding carboxylic acids is 1. The Morgan fingerprint density at radius 3 is 2.50 bits per heavy atom. The molecule has 2 N–H and O–H groups in total. The molecule has 8 heteroatoms. The van der Waals surface area contributed by atoms with Crippen LogP contribution in [-0.4, -0.2) is 36.5 Å². The Balaban J connectivity index is 0.00000243. The first-order chi connectivity index (χ1) is 12.0. The van der Waals surface area contributed by atoms with Crippen LogP contribution in [0.2, 0.25) is 0 Å². The molecule has 1 heterocycles. The third kappa shape index (κ3) is 4.28. The Morgan fingerprint density at radius 1 is 1.15 bits per heavy atom. The van der Waals surface area contributed by atoms with Gasteiger partial charge in [0.25, 0.3) is 5.91 Å². The van der Waals surface area contributed by atoms with E-state index in [4.69, 9.17) is 5.73 Å². The second kappa shape index (κ2) is 8.42. The lowest BCUT2D eigenvalue weighted by Gasteiger charge is -2.18. The predicted octanol–water partition coefficient (Wildman–Crippen LogP) is 3.42. The van der Waals surface area contributed by atoms with E-state index in [2.05, 4.69) is 4.74 Å². The van der Waals surface area contributed by atoms with Crippen molar-refractivity contribution in [3.05, 3.63) is 65.5 Å². The molecule has 2 aromatic carbocycles. The fourth-order valence-electron chi connectivity index (χ4n) is 3.08. The molecule has 1 amide bonds. The van der Waals surface area contributed by atoms with Gasteiger partial charge in [-0.1, -0.05) is 30.3 Å². The first kappa shape index (κ1) is 20.1. The number of hydrogen-bond donors (Lipinski definition) is 1. The molecule has 2 atom stereocenters. The molecular weight excluding hydrogens is 369 g/mol. The molecule has 1 aliphatic rings. The smallest absolute Gasteiger partial charge is 0.387 e. The average Bonchev–Trinajstić information content (AvgIpc) is 2.96. The highest BCUT2D eigenvalue weighted by atomic mass is 35.5. The molecule has 2 aromatic rings. The van der Waals surface area contributed by atoms with Crippen molar-refractivity contribution in [2.45, 2.75) is 18.6 Å². The van der Waals surface area contributed by atoms with Gasteiger partial charge in [0.15, 0.2) is 0 Å². The zero-order valence-corrected chi connectivity index (χ0v) is 14.5. The van der Waals surface area contributed by atoms with E-state index in [1.165, 1.54) is 4.90 Å². The summed E-state index contributed by atoms with van der Waals surface area (Å²) in [5, 5.41) is 0. The summed E-state index contributed by atoms with van der Waals surface area (Å²) in [6.45, 7) is -2.51. The summed E-state index contributed by atoms with van der Waals surface area (Å²) in [6, 6.07) is 12.2. The minimum Gasteiger partial charge on any atom is -0.434 e. The van der Waals surface area contributed by atoms with Crippen molar-refractivity contribution in [1.82, 2.24) is 4.90 Å². The highest BCUT2D eigenvalue weighted by Crippen LogP contribution is 2.30. The Kier molecular flexibility index (Phi) is 6.50. The maximum atomic E-state index is 13.3. The maximum absolute atomic E-state index is 13.3. The monoisotopic (exact) mass is 386 g/mol. The van der Waals surface area contributed by atoms with Crippen LogP contribution >= 0.6 is 12.4 Å². The van der Waals surface area contributed by atoms with Gasteiger partial charge in [-0.25, -0.2) is 4.39 Å². The number of alkyl halides is 2. The van der Waals surface area contributed by atoms with E-state index in [0.29, 0.717) is 6.54 Å². The summed E-state index contributed by atoms with van der Waals surface area (Å²) in [4.78, 5) is 14.2. The summed E-state index contributed by atoms with van der Waals surface area (Å²) in [6.07, 6.45) is 0. The number of nitrogens with zero attached hydrogens (tertiary/aromatic N) is 1. The number of hydrogen-bond acceptors (Lipinski definition) is 3. The summed E-state index contributed by atoms with van der Waals surface area (Å²) in [7, 11) is 0. The molecule has 1 fully saturated rings. The van der Waals surface area contributed by atoms with Gasteiger partial charge < -0.3 is 15.4 Å². The lowest BCUT2D eigenvalue weighted by atomic mass is 9.95. The van der Waals surface area contributed by atoms with Crippen LogP contribution in [-0.2, 0) is 0 Å². The van der Waals surface area contributed by atoms with Crippen LogP contribution in [0.1, 0.15) is 21.8 Å². The van der Waals surface area contributed by atoms with Crippen molar-refractivity contribution in [3.63, 3.8) is 0 Å². The predicted molar refractivity (Wildman–Crippen MR) is 93.3 cm³/mol. The zero-order chi connectivity index (χ0) is 18.0. The SMILES string of the molecule is Cl.N[C@@H]1CN(C(=O)c2ccc(F)cc2OC(F)F)C[C@H]1c1ccccc1. The van der Waals surface area contributed by atoms with E-state index in [1.54, 1.807) is 0 Å². The number of nitrogens with two attached hydrogens (primary N) is 1. The fraction of sp³-hybridized carbons (Fsp3) is 0.278. The van der Waals surface area contributed by atoms with Crippen LogP contribution in [0.25, 0.3) is 0 Å². The maximum Gasteiger partial charge on any atom is 0.387 e. The van der Waals surface area contributed by atoms with Gasteiger partial charge in [0.1, 0.15) is 11.6 Å². The molecule has 0 radical (unpaired) electrons. The van der Waals surface area contributed by atoms with Crippen LogP contribution in [0.4, 0.5) is 13.2 Å². The van der Waals surface area contributed by atoms with Crippen LogP contribution < -0.4 is 10.5 Å². The van der Waals surface area contributed by atoms with Crippen LogP contribution in [0.5, 0.6) is 5.75 Å². The van der Waals surface area contributed by atoms with Crippen molar-refractivity contribution in [2.75, 3.05) is 13.1 Å². The molecule has 0 bridgehead atoms. The van der Waals surface area contributed by atoms with Gasteiger partial charge in [0, 0.05) is 31.1 Å². The Labute approximate surface area is 155 Å². The first-order valence-electron chi connectivity index (χ1n) is 7.80. The molecule has 3 rings (SSSR count). The van der Waals surface area contributed by atoms with Crippen molar-refractivity contribution >= 4 is 18.3 Å². The Morgan fingerprint density at radius 2 is 1.85 bits per heavy atom. The number of carbonyl (C=O) groups is 1. The van der Waals surface area contributed by atoms with Gasteiger partial charge in [-0.05, 0) is 17.7 Å². The van der Waals surface area contributed by atoms with Gasteiger partial charge in [-0.3, -0.25) is 4.79 Å². The van der Waals surface area contributed by atoms with Gasteiger partial charge >= 0.3 is 6.61 Å². The molecular formula is C18H18ClF3N2O2. The van der Waals surface area contributed by atoms with Gasteiger partial charge in [-0.2, -0.15) is 8.78 Å². The molecule has 4 nitrogen and oxygen atoms in total. The van der Waals surface area contributed by atoms with Crippen molar-refractivity contribution in [2.24, 2.45) is 5.73 Å². The van der Waals surface area contributed by atoms with E-state index < -0.39 is 24.1 Å². The van der Waals surface area contributed by atoms with Crippen molar-refractivity contribution in [3.8, 4) is 5.75 Å². The average molecular weight is 387 g/mol. The summed E-state index contributed by atoms with van der Waals surface area (Å²) < 4.78 is 42.7. The second-order valence-electron chi connectivity index (χ2n) is 5.91. The summed E-state index contributed by atoms with van der Waals surface area (Å²) >= 11 is 0. The van der Waals surface area contributed by atoms with Crippen LogP contribution in [0.3, 0.4) is 0 Å². The van der Waals surface area contributed by atoms with E-state index in [9.17, 15) is 18.0 Å². The van der Waals surface area contributed by atoms with E-state index >= 15 is 0 Å². The molecule has 1 aliphatic heterocycles. The normalized spacial score (nSPS) is 19.3. The number of ether oxygens (including phenoxy) is 1. The molecule has 1 saturated heterocycles. The number of rotatable bonds is 4. The number of benzene rings is 2. The van der Waals surface area contributed by atoms with Crippen molar-refractivity contribution in [1.29, 1.82) is 0 Å². The highest BCUT2D eigenvalue weighted by Gasteiger charge is 2.35.